The van der Waals surface area contributed by atoms with Crippen molar-refractivity contribution in [1.82, 2.24) is 0 Å². The van der Waals surface area contributed by atoms with E-state index in [0.29, 0.717) is 11.4 Å². The summed E-state index contributed by atoms with van der Waals surface area (Å²) in [4.78, 5) is 26.2. The van der Waals surface area contributed by atoms with Crippen molar-refractivity contribution in [2.24, 2.45) is 0 Å². The lowest BCUT2D eigenvalue weighted by atomic mass is 10.1. The van der Waals surface area contributed by atoms with Crippen molar-refractivity contribution in [1.29, 1.82) is 0 Å². The topological polar surface area (TPSA) is 58.6 Å². The lowest BCUT2D eigenvalue weighted by molar-refractivity contribution is -0.117. The van der Waals surface area contributed by atoms with Crippen LogP contribution in [-0.2, 0) is 9.59 Å². The van der Waals surface area contributed by atoms with Gasteiger partial charge in [0.25, 0.3) is 0 Å². The van der Waals surface area contributed by atoms with Crippen molar-refractivity contribution in [2.45, 2.75) is 47.1 Å². The van der Waals surface area contributed by atoms with E-state index in [1.54, 1.807) is 4.90 Å². The van der Waals surface area contributed by atoms with Gasteiger partial charge >= 0.3 is 0 Å². The van der Waals surface area contributed by atoms with Gasteiger partial charge in [-0.15, -0.1) is 0 Å². The molecule has 0 radical (unpaired) electrons. The quantitative estimate of drug-likeness (QED) is 0.784. The number of amides is 2. The average molecular weight is 368 g/mol. The number of rotatable bonds is 7. The Bertz CT molecular complexity index is 815. The van der Waals surface area contributed by atoms with E-state index < -0.39 is 0 Å². The number of hydrogen-bond acceptors (Lipinski definition) is 3. The van der Waals surface area contributed by atoms with E-state index >= 15 is 0 Å². The second kappa shape index (κ2) is 9.21. The maximum atomic E-state index is 12.4. The van der Waals surface area contributed by atoms with E-state index in [4.69, 9.17) is 4.74 Å². The molecule has 0 unspecified atom stereocenters. The van der Waals surface area contributed by atoms with E-state index in [1.807, 2.05) is 70.2 Å². The van der Waals surface area contributed by atoms with Crippen LogP contribution in [-0.4, -0.2) is 24.5 Å². The van der Waals surface area contributed by atoms with Crippen LogP contribution in [0.5, 0.6) is 5.75 Å². The third-order valence-electron chi connectivity index (χ3n) is 4.13. The van der Waals surface area contributed by atoms with Gasteiger partial charge in [0.2, 0.25) is 11.8 Å². The number of ether oxygens (including phenoxy) is 1. The molecule has 0 aliphatic carbocycles. The Balaban J connectivity index is 2.10. The third kappa shape index (κ3) is 5.84. The minimum atomic E-state index is -0.130. The van der Waals surface area contributed by atoms with E-state index in [0.717, 1.165) is 16.8 Å². The minimum Gasteiger partial charge on any atom is -0.489 e. The Morgan fingerprint density at radius 3 is 2.48 bits per heavy atom. The van der Waals surface area contributed by atoms with Crippen molar-refractivity contribution < 1.29 is 14.3 Å². The van der Waals surface area contributed by atoms with Gasteiger partial charge < -0.3 is 15.0 Å². The first kappa shape index (κ1) is 20.5. The number of benzene rings is 2. The van der Waals surface area contributed by atoms with Crippen molar-refractivity contribution >= 4 is 23.2 Å². The summed E-state index contributed by atoms with van der Waals surface area (Å²) < 4.78 is 5.81. The zero-order valence-corrected chi connectivity index (χ0v) is 16.7. The van der Waals surface area contributed by atoms with Gasteiger partial charge in [-0.3, -0.25) is 9.59 Å². The molecule has 0 bridgehead atoms. The molecule has 2 rings (SSSR count). The van der Waals surface area contributed by atoms with Crippen molar-refractivity contribution in [3.05, 3.63) is 53.6 Å². The van der Waals surface area contributed by atoms with E-state index in [9.17, 15) is 9.59 Å². The highest BCUT2D eigenvalue weighted by atomic mass is 16.5. The maximum Gasteiger partial charge on any atom is 0.226 e. The molecular weight excluding hydrogens is 340 g/mol. The molecule has 5 heteroatoms. The van der Waals surface area contributed by atoms with Gasteiger partial charge in [0.15, 0.2) is 0 Å². The summed E-state index contributed by atoms with van der Waals surface area (Å²) in [6.07, 6.45) is 0.190. The first-order chi connectivity index (χ1) is 12.8. The molecule has 2 aromatic carbocycles. The van der Waals surface area contributed by atoms with Crippen LogP contribution in [0.2, 0.25) is 0 Å². The van der Waals surface area contributed by atoms with Crippen molar-refractivity contribution in [3.8, 4) is 5.75 Å². The molecule has 0 aliphatic rings. The summed E-state index contributed by atoms with van der Waals surface area (Å²) in [5.41, 5.74) is 3.57. The fourth-order valence-electron chi connectivity index (χ4n) is 2.78. The zero-order chi connectivity index (χ0) is 20.0. The lowest BCUT2D eigenvalue weighted by Crippen LogP contribution is -2.32. The zero-order valence-electron chi connectivity index (χ0n) is 16.7. The number of nitrogens with one attached hydrogen (secondary N) is 1. The van der Waals surface area contributed by atoms with Crippen LogP contribution < -0.4 is 15.0 Å². The molecule has 0 heterocycles. The summed E-state index contributed by atoms with van der Waals surface area (Å²) in [5, 5.41) is 2.94. The number of carbonyl (C=O) groups is 2. The van der Waals surface area contributed by atoms with Gasteiger partial charge in [0, 0.05) is 25.6 Å². The highest BCUT2D eigenvalue weighted by Gasteiger charge is 2.18. The largest absolute Gasteiger partial charge is 0.489 e. The smallest absolute Gasteiger partial charge is 0.226 e. The van der Waals surface area contributed by atoms with Crippen LogP contribution in [0.1, 0.15) is 38.3 Å². The van der Waals surface area contributed by atoms with Crippen LogP contribution in [0.25, 0.3) is 0 Å². The highest BCUT2D eigenvalue weighted by molar-refractivity contribution is 5.96. The molecule has 0 spiro atoms. The fraction of sp³-hybridized carbons (Fsp3) is 0.364. The SMILES string of the molecule is CC(=O)N(CCC(=O)Nc1cc(C)ccc1C)c1ccccc1OC(C)C. The molecular formula is C22H28N2O3. The summed E-state index contributed by atoms with van der Waals surface area (Å²) in [7, 11) is 0. The van der Waals surface area contributed by atoms with E-state index in [-0.39, 0.29) is 30.9 Å². The van der Waals surface area contributed by atoms with Gasteiger partial charge in [-0.2, -0.15) is 0 Å². The monoisotopic (exact) mass is 368 g/mol. The van der Waals surface area contributed by atoms with Crippen molar-refractivity contribution in [3.63, 3.8) is 0 Å². The molecule has 0 saturated carbocycles. The highest BCUT2D eigenvalue weighted by Crippen LogP contribution is 2.29. The van der Waals surface area contributed by atoms with Gasteiger partial charge in [-0.1, -0.05) is 24.3 Å². The summed E-state index contributed by atoms with van der Waals surface area (Å²) in [6.45, 7) is 9.59. The molecule has 2 amide bonds. The third-order valence-corrected chi connectivity index (χ3v) is 4.13. The fourth-order valence-corrected chi connectivity index (χ4v) is 2.78. The number of nitrogens with zero attached hydrogens (tertiary/aromatic N) is 1. The number of anilines is 2. The lowest BCUT2D eigenvalue weighted by Gasteiger charge is -2.24. The molecule has 0 aliphatic heterocycles. The van der Waals surface area contributed by atoms with Crippen molar-refractivity contribution in [2.75, 3.05) is 16.8 Å². The first-order valence-corrected chi connectivity index (χ1v) is 9.19. The van der Waals surface area contributed by atoms with E-state index in [2.05, 4.69) is 5.32 Å². The molecule has 2 aromatic rings. The standard InChI is InChI=1S/C22H28N2O3/c1-15(2)27-21-9-7-6-8-20(21)24(18(5)25)13-12-22(26)23-19-14-16(3)10-11-17(19)4/h6-11,14-15H,12-13H2,1-5H3,(H,23,26). The predicted octanol–water partition coefficient (Wildman–Crippen LogP) is 4.47. The molecule has 0 aromatic heterocycles. The Morgan fingerprint density at radius 1 is 1.11 bits per heavy atom. The number of para-hydroxylation sites is 2. The number of carbonyl (C=O) groups excluding carboxylic acids is 2. The minimum absolute atomic E-state index is 0.00690. The molecule has 1 N–H and O–H groups in total. The predicted molar refractivity (Wildman–Crippen MR) is 109 cm³/mol. The molecule has 144 valence electrons. The number of hydrogen-bond donors (Lipinski definition) is 1. The normalized spacial score (nSPS) is 10.6. The Hall–Kier alpha value is -2.82. The van der Waals surface area contributed by atoms with Crippen LogP contribution in [0, 0.1) is 13.8 Å². The summed E-state index contributed by atoms with van der Waals surface area (Å²) in [5.74, 6) is 0.379. The van der Waals surface area contributed by atoms with Crippen LogP contribution in [0.3, 0.4) is 0 Å². The van der Waals surface area contributed by atoms with Crippen LogP contribution in [0.4, 0.5) is 11.4 Å². The maximum absolute atomic E-state index is 12.4. The Kier molecular flexibility index (Phi) is 6.99. The molecule has 0 saturated heterocycles. The van der Waals surface area contributed by atoms with Gasteiger partial charge in [-0.25, -0.2) is 0 Å². The second-order valence-corrected chi connectivity index (χ2v) is 6.92. The Labute approximate surface area is 161 Å². The number of aryl methyl sites for hydroxylation is 2. The molecule has 27 heavy (non-hydrogen) atoms. The average Bonchev–Trinajstić information content (AvgIpc) is 2.59. The van der Waals surface area contributed by atoms with Gasteiger partial charge in [0.05, 0.1) is 11.8 Å². The molecule has 5 nitrogen and oxygen atoms in total. The summed E-state index contributed by atoms with van der Waals surface area (Å²) >= 11 is 0. The second-order valence-electron chi connectivity index (χ2n) is 6.92. The molecule has 0 fully saturated rings. The molecule has 0 atom stereocenters. The van der Waals surface area contributed by atoms with Gasteiger partial charge in [-0.05, 0) is 57.0 Å². The van der Waals surface area contributed by atoms with Crippen LogP contribution >= 0.6 is 0 Å². The van der Waals surface area contributed by atoms with Gasteiger partial charge in [0.1, 0.15) is 5.75 Å². The first-order valence-electron chi connectivity index (χ1n) is 9.19. The van der Waals surface area contributed by atoms with E-state index in [1.165, 1.54) is 6.92 Å². The van der Waals surface area contributed by atoms with Crippen LogP contribution in [0.15, 0.2) is 42.5 Å². The Morgan fingerprint density at radius 2 is 1.81 bits per heavy atom. The summed E-state index contributed by atoms with van der Waals surface area (Å²) in [6, 6.07) is 13.3.